The van der Waals surface area contributed by atoms with Crippen LogP contribution in [-0.2, 0) is 20.9 Å². The monoisotopic (exact) mass is 346 g/mol. The fraction of sp³-hybridized carbons (Fsp3) is 0.118. The Balaban J connectivity index is 2.09. The zero-order chi connectivity index (χ0) is 17.2. The van der Waals surface area contributed by atoms with Crippen LogP contribution < -0.4 is 0 Å². The van der Waals surface area contributed by atoms with Gasteiger partial charge in [0, 0.05) is 29.7 Å². The highest BCUT2D eigenvalue weighted by Gasteiger charge is 2.16. The number of hydrogen-bond donors (Lipinski definition) is 1. The van der Waals surface area contributed by atoms with E-state index in [4.69, 9.17) is 4.18 Å². The lowest BCUT2D eigenvalue weighted by atomic mass is 9.97. The first-order valence-corrected chi connectivity index (χ1v) is 8.97. The third-order valence-electron chi connectivity index (χ3n) is 3.50. The topological polar surface area (TPSA) is 72.1 Å². The lowest BCUT2D eigenvalue weighted by Crippen LogP contribution is -2.03. The van der Waals surface area contributed by atoms with Crippen molar-refractivity contribution in [1.82, 2.24) is 9.97 Å². The molecule has 0 bridgehead atoms. The number of halogens is 1. The molecule has 1 aromatic carbocycles. The first-order valence-electron chi connectivity index (χ1n) is 7.15. The van der Waals surface area contributed by atoms with Gasteiger partial charge in [0.1, 0.15) is 12.4 Å². The highest BCUT2D eigenvalue weighted by atomic mass is 32.2. The molecular formula is C17H15FN2O3S. The Morgan fingerprint density at radius 1 is 1.08 bits per heavy atom. The summed E-state index contributed by atoms with van der Waals surface area (Å²) in [5, 5.41) is 0. The third-order valence-corrected chi connectivity index (χ3v) is 4.05. The fourth-order valence-electron chi connectivity index (χ4n) is 2.45. The van der Waals surface area contributed by atoms with Gasteiger partial charge < -0.3 is 4.98 Å². The maximum Gasteiger partial charge on any atom is 0.264 e. The Hall–Kier alpha value is -2.51. The second-order valence-corrected chi connectivity index (χ2v) is 6.91. The summed E-state index contributed by atoms with van der Waals surface area (Å²) in [6.45, 7) is -0.113. The molecule has 2 heterocycles. The summed E-state index contributed by atoms with van der Waals surface area (Å²) in [4.78, 5) is 7.05. The number of aromatic amines is 1. The summed E-state index contributed by atoms with van der Waals surface area (Å²) < 4.78 is 40.6. The van der Waals surface area contributed by atoms with Gasteiger partial charge in [0.2, 0.25) is 0 Å². The molecule has 0 unspecified atom stereocenters. The number of nitrogens with zero attached hydrogens (tertiary/aromatic N) is 1. The fourth-order valence-corrected chi connectivity index (χ4v) is 2.78. The molecule has 0 amide bonds. The first kappa shape index (κ1) is 16.4. The van der Waals surface area contributed by atoms with Crippen molar-refractivity contribution in [1.29, 1.82) is 0 Å². The lowest BCUT2D eigenvalue weighted by molar-refractivity contribution is 0.308. The van der Waals surface area contributed by atoms with Crippen LogP contribution in [0, 0.1) is 5.82 Å². The highest BCUT2D eigenvalue weighted by molar-refractivity contribution is 7.85. The van der Waals surface area contributed by atoms with E-state index in [2.05, 4.69) is 9.97 Å². The summed E-state index contributed by atoms with van der Waals surface area (Å²) in [7, 11) is -3.56. The van der Waals surface area contributed by atoms with E-state index < -0.39 is 10.1 Å². The maximum atomic E-state index is 13.2. The molecule has 0 aliphatic rings. The Morgan fingerprint density at radius 3 is 2.38 bits per heavy atom. The number of aromatic nitrogens is 2. The number of H-pyrrole nitrogens is 1. The molecule has 0 atom stereocenters. The van der Waals surface area contributed by atoms with Crippen LogP contribution >= 0.6 is 0 Å². The molecule has 0 spiro atoms. The van der Waals surface area contributed by atoms with E-state index in [1.165, 1.54) is 12.1 Å². The van der Waals surface area contributed by atoms with Crippen LogP contribution in [0.1, 0.15) is 5.69 Å². The molecule has 0 radical (unpaired) electrons. The van der Waals surface area contributed by atoms with Gasteiger partial charge in [-0.1, -0.05) is 12.1 Å². The van der Waals surface area contributed by atoms with E-state index in [1.54, 1.807) is 30.7 Å². The van der Waals surface area contributed by atoms with Crippen molar-refractivity contribution in [2.45, 2.75) is 6.61 Å². The van der Waals surface area contributed by atoms with E-state index in [0.29, 0.717) is 5.69 Å². The molecule has 0 saturated heterocycles. The Kier molecular flexibility index (Phi) is 4.46. The SMILES string of the molecule is CS(=O)(=O)OCc1[nH]cc(-c2ccc(F)cc2)c1-c1ccncc1. The minimum absolute atomic E-state index is 0.113. The summed E-state index contributed by atoms with van der Waals surface area (Å²) in [6.07, 6.45) is 6.06. The van der Waals surface area contributed by atoms with Gasteiger partial charge in [-0.2, -0.15) is 8.42 Å². The molecule has 2 aromatic heterocycles. The van der Waals surface area contributed by atoms with Gasteiger partial charge >= 0.3 is 0 Å². The molecule has 0 aliphatic carbocycles. The molecule has 3 rings (SSSR count). The summed E-state index contributed by atoms with van der Waals surface area (Å²) in [5.41, 5.74) is 3.91. The Bertz CT molecular complexity index is 936. The van der Waals surface area contributed by atoms with Crippen LogP contribution in [0.15, 0.2) is 55.0 Å². The molecule has 1 N–H and O–H groups in total. The number of nitrogens with one attached hydrogen (secondary N) is 1. The molecular weight excluding hydrogens is 331 g/mol. The van der Waals surface area contributed by atoms with Crippen molar-refractivity contribution >= 4 is 10.1 Å². The molecule has 0 saturated carbocycles. The quantitative estimate of drug-likeness (QED) is 0.719. The third kappa shape index (κ3) is 3.69. The predicted molar refractivity (Wildman–Crippen MR) is 89.1 cm³/mol. The van der Waals surface area contributed by atoms with Crippen LogP contribution in [-0.4, -0.2) is 24.6 Å². The second kappa shape index (κ2) is 6.54. The van der Waals surface area contributed by atoms with E-state index >= 15 is 0 Å². The maximum absolute atomic E-state index is 13.2. The second-order valence-electron chi connectivity index (χ2n) is 5.26. The Labute approximate surface area is 139 Å². The van der Waals surface area contributed by atoms with E-state index in [1.807, 2.05) is 12.1 Å². The van der Waals surface area contributed by atoms with Gasteiger partial charge in [0.15, 0.2) is 0 Å². The summed E-state index contributed by atoms with van der Waals surface area (Å²) in [6, 6.07) is 9.74. The lowest BCUT2D eigenvalue weighted by Gasteiger charge is -2.08. The number of pyridine rings is 1. The van der Waals surface area contributed by atoms with Crippen LogP contribution in [0.4, 0.5) is 4.39 Å². The van der Waals surface area contributed by atoms with Crippen LogP contribution in [0.25, 0.3) is 22.3 Å². The highest BCUT2D eigenvalue weighted by Crippen LogP contribution is 2.35. The normalized spacial score (nSPS) is 11.6. The average Bonchev–Trinajstić information content (AvgIpc) is 2.98. The van der Waals surface area contributed by atoms with Gasteiger partial charge in [0.05, 0.1) is 11.9 Å². The van der Waals surface area contributed by atoms with Crippen molar-refractivity contribution in [2.24, 2.45) is 0 Å². The van der Waals surface area contributed by atoms with Crippen molar-refractivity contribution in [2.75, 3.05) is 6.26 Å². The zero-order valence-electron chi connectivity index (χ0n) is 12.9. The zero-order valence-corrected chi connectivity index (χ0v) is 13.7. The van der Waals surface area contributed by atoms with Crippen LogP contribution in [0.5, 0.6) is 0 Å². The average molecular weight is 346 g/mol. The summed E-state index contributed by atoms with van der Waals surface area (Å²) >= 11 is 0. The minimum atomic E-state index is -3.56. The summed E-state index contributed by atoms with van der Waals surface area (Å²) in [5.74, 6) is -0.319. The molecule has 24 heavy (non-hydrogen) atoms. The molecule has 5 nitrogen and oxygen atoms in total. The van der Waals surface area contributed by atoms with Gasteiger partial charge in [0.25, 0.3) is 10.1 Å². The largest absolute Gasteiger partial charge is 0.362 e. The predicted octanol–water partition coefficient (Wildman–Crippen LogP) is 3.36. The minimum Gasteiger partial charge on any atom is -0.362 e. The van der Waals surface area contributed by atoms with E-state index in [0.717, 1.165) is 28.5 Å². The van der Waals surface area contributed by atoms with Crippen LogP contribution in [0.3, 0.4) is 0 Å². The van der Waals surface area contributed by atoms with Crippen molar-refractivity contribution in [3.63, 3.8) is 0 Å². The number of rotatable bonds is 5. The van der Waals surface area contributed by atoms with Gasteiger partial charge in [-0.15, -0.1) is 0 Å². The van der Waals surface area contributed by atoms with Gasteiger partial charge in [-0.05, 0) is 35.4 Å². The van der Waals surface area contributed by atoms with Gasteiger partial charge in [-0.25, -0.2) is 4.39 Å². The number of benzene rings is 1. The first-order chi connectivity index (χ1) is 11.4. The van der Waals surface area contributed by atoms with Gasteiger partial charge in [-0.3, -0.25) is 9.17 Å². The molecule has 3 aromatic rings. The smallest absolute Gasteiger partial charge is 0.264 e. The van der Waals surface area contributed by atoms with E-state index in [-0.39, 0.29) is 12.4 Å². The van der Waals surface area contributed by atoms with Crippen molar-refractivity contribution in [3.8, 4) is 22.3 Å². The Morgan fingerprint density at radius 2 is 1.75 bits per heavy atom. The molecule has 124 valence electrons. The van der Waals surface area contributed by atoms with Crippen molar-refractivity contribution in [3.05, 3.63) is 66.5 Å². The molecule has 0 fully saturated rings. The van der Waals surface area contributed by atoms with Crippen molar-refractivity contribution < 1.29 is 17.0 Å². The molecule has 7 heteroatoms. The molecule has 0 aliphatic heterocycles. The van der Waals surface area contributed by atoms with E-state index in [9.17, 15) is 12.8 Å². The van der Waals surface area contributed by atoms with Crippen LogP contribution in [0.2, 0.25) is 0 Å². The standard InChI is InChI=1S/C17H15FN2O3S/c1-24(21,22)23-11-16-17(13-6-8-19-9-7-13)15(10-20-16)12-2-4-14(18)5-3-12/h2-10,20H,11H2,1H3. The number of hydrogen-bond acceptors (Lipinski definition) is 4.